The van der Waals surface area contributed by atoms with Gasteiger partial charge in [0.25, 0.3) is 0 Å². The molecule has 0 radical (unpaired) electrons. The zero-order valence-electron chi connectivity index (χ0n) is 11.1. The number of carboxylic acids is 1. The lowest BCUT2D eigenvalue weighted by Gasteiger charge is -2.33. The molecule has 102 valence electrons. The number of aliphatic carboxylic acids is 1. The number of likely N-dealkylation sites (tertiary alicyclic amines) is 1. The standard InChI is InChI=1S/C12H19NO5/c1-7(18-12(2,3)4)10(11(16)17)13-6-8(14)5-9(13)15/h7,10H,5-6H2,1-4H3,(H,16,17)/t7-,10+/m0/s1. The van der Waals surface area contributed by atoms with Crippen molar-refractivity contribution in [3.05, 3.63) is 0 Å². The number of ketones is 1. The van der Waals surface area contributed by atoms with Gasteiger partial charge >= 0.3 is 5.97 Å². The predicted octanol–water partition coefficient (Wildman–Crippen LogP) is 0.445. The van der Waals surface area contributed by atoms with Gasteiger partial charge in [0.2, 0.25) is 5.91 Å². The quantitative estimate of drug-likeness (QED) is 0.739. The summed E-state index contributed by atoms with van der Waals surface area (Å²) in [5, 5.41) is 9.22. The summed E-state index contributed by atoms with van der Waals surface area (Å²) in [6.45, 7) is 6.87. The minimum Gasteiger partial charge on any atom is -0.480 e. The second-order valence-electron chi connectivity index (χ2n) is 5.46. The van der Waals surface area contributed by atoms with Crippen LogP contribution in [0.2, 0.25) is 0 Å². The normalized spacial score (nSPS) is 20.1. The average molecular weight is 257 g/mol. The lowest BCUT2D eigenvalue weighted by Crippen LogP contribution is -2.51. The Labute approximate surface area is 106 Å². The molecule has 0 unspecified atom stereocenters. The van der Waals surface area contributed by atoms with Crippen LogP contribution in [-0.4, -0.2) is 52.0 Å². The molecule has 1 aliphatic heterocycles. The van der Waals surface area contributed by atoms with Crippen molar-refractivity contribution in [1.82, 2.24) is 4.90 Å². The van der Waals surface area contributed by atoms with E-state index >= 15 is 0 Å². The molecule has 18 heavy (non-hydrogen) atoms. The number of rotatable bonds is 4. The SMILES string of the molecule is C[C@H](OC(C)(C)C)[C@H](C(=O)O)N1CC(=O)CC1=O. The fourth-order valence-electron chi connectivity index (χ4n) is 2.07. The predicted molar refractivity (Wildman–Crippen MR) is 63.1 cm³/mol. The van der Waals surface area contributed by atoms with Gasteiger partial charge in [-0.3, -0.25) is 9.59 Å². The molecule has 1 saturated heterocycles. The Balaban J connectivity index is 2.86. The molecule has 0 spiro atoms. The molecular formula is C12H19NO5. The maximum atomic E-state index is 11.6. The second kappa shape index (κ2) is 5.06. The van der Waals surface area contributed by atoms with Gasteiger partial charge in [0, 0.05) is 0 Å². The first-order valence-electron chi connectivity index (χ1n) is 5.83. The Morgan fingerprint density at radius 1 is 1.39 bits per heavy atom. The molecule has 1 N–H and O–H groups in total. The average Bonchev–Trinajstić information content (AvgIpc) is 2.41. The molecule has 0 aliphatic carbocycles. The van der Waals surface area contributed by atoms with Crippen molar-refractivity contribution in [3.63, 3.8) is 0 Å². The summed E-state index contributed by atoms with van der Waals surface area (Å²) in [4.78, 5) is 35.2. The van der Waals surface area contributed by atoms with Crippen LogP contribution in [0.4, 0.5) is 0 Å². The van der Waals surface area contributed by atoms with E-state index in [-0.39, 0.29) is 18.7 Å². The van der Waals surface area contributed by atoms with Gasteiger partial charge in [0.1, 0.15) is 0 Å². The lowest BCUT2D eigenvalue weighted by molar-refractivity contribution is -0.160. The lowest BCUT2D eigenvalue weighted by atomic mass is 10.1. The molecule has 2 atom stereocenters. The number of carboxylic acid groups (broad SMARTS) is 1. The fourth-order valence-corrected chi connectivity index (χ4v) is 2.07. The molecule has 0 aromatic carbocycles. The number of ether oxygens (including phenoxy) is 1. The monoisotopic (exact) mass is 257 g/mol. The van der Waals surface area contributed by atoms with Crippen molar-refractivity contribution >= 4 is 17.7 Å². The van der Waals surface area contributed by atoms with Gasteiger partial charge in [-0.15, -0.1) is 0 Å². The van der Waals surface area contributed by atoms with Crippen LogP contribution in [0.25, 0.3) is 0 Å². The summed E-state index contributed by atoms with van der Waals surface area (Å²) in [5.74, 6) is -1.86. The van der Waals surface area contributed by atoms with Crippen molar-refractivity contribution in [3.8, 4) is 0 Å². The molecular weight excluding hydrogens is 238 g/mol. The smallest absolute Gasteiger partial charge is 0.329 e. The van der Waals surface area contributed by atoms with Crippen LogP contribution in [0.5, 0.6) is 0 Å². The van der Waals surface area contributed by atoms with Crippen molar-refractivity contribution in [2.45, 2.75) is 51.9 Å². The van der Waals surface area contributed by atoms with E-state index in [1.54, 1.807) is 27.7 Å². The number of amides is 1. The maximum Gasteiger partial charge on any atom is 0.329 e. The third-order valence-corrected chi connectivity index (χ3v) is 2.59. The van der Waals surface area contributed by atoms with Crippen LogP contribution in [0.1, 0.15) is 34.1 Å². The van der Waals surface area contributed by atoms with Gasteiger partial charge < -0.3 is 14.7 Å². The van der Waals surface area contributed by atoms with Gasteiger partial charge in [-0.2, -0.15) is 0 Å². The fraction of sp³-hybridized carbons (Fsp3) is 0.750. The van der Waals surface area contributed by atoms with Crippen molar-refractivity contribution < 1.29 is 24.2 Å². The summed E-state index contributed by atoms with van der Waals surface area (Å²) < 4.78 is 5.57. The van der Waals surface area contributed by atoms with Crippen molar-refractivity contribution in [2.24, 2.45) is 0 Å². The molecule has 0 saturated carbocycles. The molecule has 1 amide bonds. The summed E-state index contributed by atoms with van der Waals surface area (Å²) >= 11 is 0. The summed E-state index contributed by atoms with van der Waals surface area (Å²) in [6.07, 6.45) is -0.899. The van der Waals surface area contributed by atoms with Gasteiger partial charge in [0.05, 0.1) is 24.7 Å². The minimum atomic E-state index is -1.16. The molecule has 1 rings (SSSR count). The third-order valence-electron chi connectivity index (χ3n) is 2.59. The summed E-state index contributed by atoms with van der Waals surface area (Å²) in [5.41, 5.74) is -0.514. The molecule has 1 fully saturated rings. The molecule has 6 nitrogen and oxygen atoms in total. The number of nitrogens with zero attached hydrogens (tertiary/aromatic N) is 1. The van der Waals surface area contributed by atoms with E-state index in [4.69, 9.17) is 4.74 Å². The van der Waals surface area contributed by atoms with Gasteiger partial charge in [-0.1, -0.05) is 0 Å². The Morgan fingerprint density at radius 2 is 1.94 bits per heavy atom. The van der Waals surface area contributed by atoms with E-state index < -0.39 is 29.6 Å². The number of hydrogen-bond donors (Lipinski definition) is 1. The summed E-state index contributed by atoms with van der Waals surface area (Å²) in [6, 6.07) is -1.12. The topological polar surface area (TPSA) is 83.9 Å². The van der Waals surface area contributed by atoms with E-state index in [1.807, 2.05) is 0 Å². The van der Waals surface area contributed by atoms with Crippen LogP contribution < -0.4 is 0 Å². The number of carbonyl (C=O) groups excluding carboxylic acids is 2. The Morgan fingerprint density at radius 3 is 2.28 bits per heavy atom. The van der Waals surface area contributed by atoms with Gasteiger partial charge in [-0.25, -0.2) is 4.79 Å². The minimum absolute atomic E-state index is 0.145. The van der Waals surface area contributed by atoms with Crippen LogP contribution in [-0.2, 0) is 19.1 Å². The van der Waals surface area contributed by atoms with Gasteiger partial charge in [-0.05, 0) is 27.7 Å². The number of hydrogen-bond acceptors (Lipinski definition) is 4. The Hall–Kier alpha value is -1.43. The van der Waals surface area contributed by atoms with E-state index in [0.29, 0.717) is 0 Å². The van der Waals surface area contributed by atoms with E-state index in [9.17, 15) is 19.5 Å². The van der Waals surface area contributed by atoms with E-state index in [1.165, 1.54) is 0 Å². The molecule has 0 aromatic rings. The molecule has 0 aromatic heterocycles. The van der Waals surface area contributed by atoms with Crippen LogP contribution in [0.15, 0.2) is 0 Å². The number of Topliss-reactive ketones (excluding diaryl/α,β-unsaturated/α-hetero) is 1. The first-order valence-corrected chi connectivity index (χ1v) is 5.83. The Bertz CT molecular complexity index is 371. The highest BCUT2D eigenvalue weighted by atomic mass is 16.5. The van der Waals surface area contributed by atoms with Gasteiger partial charge in [0.15, 0.2) is 11.8 Å². The van der Waals surface area contributed by atoms with E-state index in [0.717, 1.165) is 4.90 Å². The molecule has 1 heterocycles. The maximum absolute atomic E-state index is 11.6. The zero-order chi connectivity index (χ0) is 14.1. The first kappa shape index (κ1) is 14.6. The Kier molecular flexibility index (Phi) is 4.11. The van der Waals surface area contributed by atoms with Crippen molar-refractivity contribution in [2.75, 3.05) is 6.54 Å². The van der Waals surface area contributed by atoms with E-state index in [2.05, 4.69) is 0 Å². The number of carbonyl (C=O) groups is 3. The highest BCUT2D eigenvalue weighted by molar-refractivity contribution is 6.06. The first-order chi connectivity index (χ1) is 8.11. The third kappa shape index (κ3) is 3.53. The molecule has 6 heteroatoms. The highest BCUT2D eigenvalue weighted by Gasteiger charge is 2.41. The van der Waals surface area contributed by atoms with Crippen LogP contribution in [0, 0.1) is 0 Å². The molecule has 0 bridgehead atoms. The molecule has 1 aliphatic rings. The second-order valence-corrected chi connectivity index (χ2v) is 5.46. The zero-order valence-corrected chi connectivity index (χ0v) is 11.1. The summed E-state index contributed by atoms with van der Waals surface area (Å²) in [7, 11) is 0. The van der Waals surface area contributed by atoms with Crippen LogP contribution in [0.3, 0.4) is 0 Å². The van der Waals surface area contributed by atoms with Crippen LogP contribution >= 0.6 is 0 Å². The largest absolute Gasteiger partial charge is 0.480 e. The van der Waals surface area contributed by atoms with Crippen molar-refractivity contribution in [1.29, 1.82) is 0 Å². The highest BCUT2D eigenvalue weighted by Crippen LogP contribution is 2.20.